The van der Waals surface area contributed by atoms with Gasteiger partial charge in [-0.15, -0.1) is 0 Å². The van der Waals surface area contributed by atoms with Crippen molar-refractivity contribution in [3.63, 3.8) is 0 Å². The molecule has 1 fully saturated rings. The molecule has 3 rings (SSSR count). The molecule has 1 aliphatic heterocycles. The Bertz CT molecular complexity index is 930. The topological polar surface area (TPSA) is 56.1 Å². The lowest BCUT2D eigenvalue weighted by Gasteiger charge is -2.31. The quantitative estimate of drug-likeness (QED) is 0.736. The zero-order chi connectivity index (χ0) is 21.7. The lowest BCUT2D eigenvalue weighted by molar-refractivity contribution is -0.138. The van der Waals surface area contributed by atoms with Crippen LogP contribution in [0.3, 0.4) is 0 Å². The second kappa shape index (κ2) is 9.50. The maximum atomic E-state index is 13.3. The van der Waals surface area contributed by atoms with Gasteiger partial charge in [0.1, 0.15) is 0 Å². The first-order chi connectivity index (χ1) is 14.3. The Morgan fingerprint density at radius 2 is 1.83 bits per heavy atom. The zero-order valence-electron chi connectivity index (χ0n) is 16.2. The third-order valence-corrected chi connectivity index (χ3v) is 5.53. The van der Waals surface area contributed by atoms with Gasteiger partial charge >= 0.3 is 6.18 Å². The van der Waals surface area contributed by atoms with E-state index >= 15 is 0 Å². The Kier molecular flexibility index (Phi) is 7.01. The molecule has 30 heavy (non-hydrogen) atoms. The van der Waals surface area contributed by atoms with Gasteiger partial charge in [0.15, 0.2) is 0 Å². The van der Waals surface area contributed by atoms with Crippen LogP contribution >= 0.6 is 11.6 Å². The fourth-order valence-corrected chi connectivity index (χ4v) is 3.72. The third kappa shape index (κ3) is 5.74. The number of nitrogens with one attached hydrogen (secondary N) is 1. The number of amides is 1. The molecule has 2 aromatic rings. The average molecular weight is 436 g/mol. The molecular weight excluding hydrogens is 415 g/mol. The Morgan fingerprint density at radius 1 is 1.17 bits per heavy atom. The largest absolute Gasteiger partial charge is 0.416 e. The van der Waals surface area contributed by atoms with Crippen molar-refractivity contribution < 1.29 is 18.0 Å². The van der Waals surface area contributed by atoms with Crippen LogP contribution < -0.4 is 5.32 Å². The maximum absolute atomic E-state index is 13.3. The summed E-state index contributed by atoms with van der Waals surface area (Å²) in [6.45, 7) is 2.03. The first kappa shape index (κ1) is 22.1. The highest BCUT2D eigenvalue weighted by Gasteiger charge is 2.34. The van der Waals surface area contributed by atoms with Gasteiger partial charge < -0.3 is 5.32 Å². The fraction of sp³-hybridized carbons (Fsp3) is 0.364. The van der Waals surface area contributed by atoms with E-state index in [4.69, 9.17) is 16.9 Å². The van der Waals surface area contributed by atoms with E-state index in [1.807, 2.05) is 24.3 Å². The van der Waals surface area contributed by atoms with E-state index in [9.17, 15) is 18.0 Å². The predicted molar refractivity (Wildman–Crippen MR) is 107 cm³/mol. The van der Waals surface area contributed by atoms with E-state index < -0.39 is 11.7 Å². The summed E-state index contributed by atoms with van der Waals surface area (Å²) in [4.78, 5) is 14.7. The summed E-state index contributed by atoms with van der Waals surface area (Å²) >= 11 is 5.90. The van der Waals surface area contributed by atoms with Crippen LogP contribution in [0.1, 0.15) is 35.1 Å². The predicted octanol–water partition coefficient (Wildman–Crippen LogP) is 4.76. The second-order valence-electron chi connectivity index (χ2n) is 7.38. The van der Waals surface area contributed by atoms with Crippen LogP contribution in [0.25, 0.3) is 0 Å². The number of piperidine rings is 1. The van der Waals surface area contributed by atoms with E-state index in [0.29, 0.717) is 17.9 Å². The molecule has 0 bridgehead atoms. The van der Waals surface area contributed by atoms with Crippen LogP contribution in [0.4, 0.5) is 13.2 Å². The average Bonchev–Trinajstić information content (AvgIpc) is 2.73. The van der Waals surface area contributed by atoms with Gasteiger partial charge in [-0.05, 0) is 61.3 Å². The van der Waals surface area contributed by atoms with Gasteiger partial charge in [0.05, 0.1) is 17.2 Å². The number of alkyl halides is 3. The second-order valence-corrected chi connectivity index (χ2v) is 7.81. The van der Waals surface area contributed by atoms with Crippen LogP contribution in [0, 0.1) is 17.2 Å². The van der Waals surface area contributed by atoms with E-state index in [2.05, 4.69) is 10.2 Å². The van der Waals surface area contributed by atoms with E-state index in [0.717, 1.165) is 31.3 Å². The molecule has 2 aromatic carbocycles. The van der Waals surface area contributed by atoms with Gasteiger partial charge in [0.25, 0.3) is 0 Å². The van der Waals surface area contributed by atoms with Gasteiger partial charge in [0.2, 0.25) is 5.91 Å². The Hall–Kier alpha value is -2.56. The summed E-state index contributed by atoms with van der Waals surface area (Å²) in [5.74, 6) is -0.460. The van der Waals surface area contributed by atoms with Gasteiger partial charge in [-0.25, -0.2) is 0 Å². The van der Waals surface area contributed by atoms with Gasteiger partial charge in [-0.1, -0.05) is 29.8 Å². The Morgan fingerprint density at radius 3 is 2.43 bits per heavy atom. The van der Waals surface area contributed by atoms with E-state index in [1.165, 1.54) is 12.1 Å². The lowest BCUT2D eigenvalue weighted by atomic mass is 9.95. The standard InChI is InChI=1S/C22H21ClF3N3O/c23-19-5-2-15(3-6-19)14-29-9-7-17(8-10-29)21(30)28-13-18-4-1-16(12-27)11-20(18)22(24,25)26/h1-6,11,17H,7-10,13-14H2,(H,28,30). The molecule has 0 aromatic heterocycles. The highest BCUT2D eigenvalue weighted by molar-refractivity contribution is 6.30. The number of halogens is 4. The van der Waals surface area contributed by atoms with Crippen molar-refractivity contribution in [2.24, 2.45) is 5.92 Å². The Balaban J connectivity index is 1.53. The minimum Gasteiger partial charge on any atom is -0.352 e. The van der Waals surface area contributed by atoms with Crippen LogP contribution in [-0.2, 0) is 24.1 Å². The minimum absolute atomic E-state index is 0.0463. The fourth-order valence-electron chi connectivity index (χ4n) is 3.59. The first-order valence-electron chi connectivity index (χ1n) is 9.61. The summed E-state index contributed by atoms with van der Waals surface area (Å²) < 4.78 is 39.8. The van der Waals surface area contributed by atoms with Crippen LogP contribution in [0.2, 0.25) is 5.02 Å². The van der Waals surface area contributed by atoms with E-state index in [1.54, 1.807) is 6.07 Å². The summed E-state index contributed by atoms with van der Waals surface area (Å²) in [6, 6.07) is 12.7. The molecule has 1 aliphatic rings. The molecule has 0 spiro atoms. The molecule has 0 radical (unpaired) electrons. The normalized spacial score (nSPS) is 15.6. The number of carbonyl (C=O) groups excluding carboxylic acids is 1. The number of hydrogen-bond donors (Lipinski definition) is 1. The summed E-state index contributed by atoms with van der Waals surface area (Å²) in [5.41, 5.74) is 0.142. The van der Waals surface area contributed by atoms with Crippen molar-refractivity contribution in [1.82, 2.24) is 10.2 Å². The summed E-state index contributed by atoms with van der Waals surface area (Å²) in [6.07, 6.45) is -3.28. The number of nitrogens with zero attached hydrogens (tertiary/aromatic N) is 2. The van der Waals surface area contributed by atoms with Crippen molar-refractivity contribution in [2.45, 2.75) is 32.1 Å². The Labute approximate surface area is 178 Å². The van der Waals surface area contributed by atoms with Crippen molar-refractivity contribution in [3.8, 4) is 6.07 Å². The third-order valence-electron chi connectivity index (χ3n) is 5.28. The van der Waals surface area contributed by atoms with Crippen LogP contribution in [0.15, 0.2) is 42.5 Å². The summed E-state index contributed by atoms with van der Waals surface area (Å²) in [5, 5.41) is 12.2. The summed E-state index contributed by atoms with van der Waals surface area (Å²) in [7, 11) is 0. The smallest absolute Gasteiger partial charge is 0.352 e. The highest BCUT2D eigenvalue weighted by atomic mass is 35.5. The maximum Gasteiger partial charge on any atom is 0.416 e. The van der Waals surface area contributed by atoms with E-state index in [-0.39, 0.29) is 29.5 Å². The molecule has 1 amide bonds. The molecule has 1 heterocycles. The van der Waals surface area contributed by atoms with Crippen LogP contribution in [0.5, 0.6) is 0 Å². The van der Waals surface area contributed by atoms with Gasteiger partial charge in [-0.2, -0.15) is 18.4 Å². The number of carbonyl (C=O) groups is 1. The number of nitriles is 1. The van der Waals surface area contributed by atoms with Crippen molar-refractivity contribution >= 4 is 17.5 Å². The molecule has 158 valence electrons. The van der Waals surface area contributed by atoms with Crippen molar-refractivity contribution in [1.29, 1.82) is 5.26 Å². The molecular formula is C22H21ClF3N3O. The lowest BCUT2D eigenvalue weighted by Crippen LogP contribution is -2.40. The molecule has 0 saturated carbocycles. The first-order valence-corrected chi connectivity index (χ1v) is 9.99. The van der Waals surface area contributed by atoms with Crippen molar-refractivity contribution in [3.05, 3.63) is 69.7 Å². The van der Waals surface area contributed by atoms with Crippen molar-refractivity contribution in [2.75, 3.05) is 13.1 Å². The van der Waals surface area contributed by atoms with Crippen LogP contribution in [-0.4, -0.2) is 23.9 Å². The number of hydrogen-bond acceptors (Lipinski definition) is 3. The molecule has 0 aliphatic carbocycles. The number of likely N-dealkylation sites (tertiary alicyclic amines) is 1. The molecule has 0 unspecified atom stereocenters. The minimum atomic E-state index is -4.58. The monoisotopic (exact) mass is 435 g/mol. The highest BCUT2D eigenvalue weighted by Crippen LogP contribution is 2.32. The molecule has 1 N–H and O–H groups in total. The number of benzene rings is 2. The number of rotatable bonds is 5. The molecule has 0 atom stereocenters. The van der Waals surface area contributed by atoms with Gasteiger partial charge in [0, 0.05) is 24.0 Å². The molecule has 8 heteroatoms. The molecule has 4 nitrogen and oxygen atoms in total. The SMILES string of the molecule is N#Cc1ccc(CNC(=O)C2CCN(Cc3ccc(Cl)cc3)CC2)c(C(F)(F)F)c1. The molecule has 1 saturated heterocycles. The zero-order valence-corrected chi connectivity index (χ0v) is 16.9. The van der Waals surface area contributed by atoms with Gasteiger partial charge in [-0.3, -0.25) is 9.69 Å².